The lowest BCUT2D eigenvalue weighted by Gasteiger charge is -2.30. The van der Waals surface area contributed by atoms with Gasteiger partial charge in [-0.1, -0.05) is 283 Å². The summed E-state index contributed by atoms with van der Waals surface area (Å²) in [6.45, 7) is 4.77. The van der Waals surface area contributed by atoms with Crippen molar-refractivity contribution in [3.63, 3.8) is 0 Å². The van der Waals surface area contributed by atoms with Gasteiger partial charge in [-0.05, 0) is 38.5 Å². The van der Waals surface area contributed by atoms with Crippen LogP contribution in [0.2, 0.25) is 0 Å². The van der Waals surface area contributed by atoms with Gasteiger partial charge in [0, 0.05) is 6.42 Å². The molecule has 8 nitrogen and oxygen atoms in total. The van der Waals surface area contributed by atoms with Gasteiger partial charge in [0.05, 0.1) is 39.9 Å². The van der Waals surface area contributed by atoms with Crippen LogP contribution >= 0.6 is 7.82 Å². The van der Waals surface area contributed by atoms with Gasteiger partial charge in [-0.25, -0.2) is 0 Å². The highest BCUT2D eigenvalue weighted by Gasteiger charge is 2.24. The first-order valence-corrected chi connectivity index (χ1v) is 32.0. The Kier molecular flexibility index (Phi) is 51.5. The van der Waals surface area contributed by atoms with E-state index in [0.29, 0.717) is 23.9 Å². The Morgan fingerprint density at radius 1 is 0.493 bits per heavy atom. The molecule has 0 saturated carbocycles. The molecule has 0 radical (unpaired) electrons. The number of aliphatic hydroxyl groups is 1. The molecule has 0 saturated heterocycles. The fraction of sp³-hybridized carbons (Fsp3) is 0.950. The van der Waals surface area contributed by atoms with E-state index in [9.17, 15) is 19.4 Å². The minimum atomic E-state index is -4.57. The number of phosphoric ester groups is 1. The SMILES string of the molecule is CCCCCCCCCCCCCC/C=C\CCCCCCCCCCC(=O)NC(COP(=O)([O-])OCC[N+](C)(C)C)C(O)CCCCCCCCCCCCCCCCCCCCCCCCC. The van der Waals surface area contributed by atoms with E-state index in [1.165, 1.54) is 250 Å². The number of rotatable bonds is 57. The number of phosphoric acid groups is 1. The Labute approximate surface area is 431 Å². The molecule has 0 bridgehead atoms. The summed E-state index contributed by atoms with van der Waals surface area (Å²) in [5.41, 5.74) is 0. The van der Waals surface area contributed by atoms with Gasteiger partial charge >= 0.3 is 0 Å². The molecule has 69 heavy (non-hydrogen) atoms. The molecule has 3 atom stereocenters. The lowest BCUT2D eigenvalue weighted by atomic mass is 10.0. The number of hydrogen-bond acceptors (Lipinski definition) is 6. The maximum Gasteiger partial charge on any atom is 0.268 e. The maximum absolute atomic E-state index is 13.0. The van der Waals surface area contributed by atoms with Crippen LogP contribution in [0.3, 0.4) is 0 Å². The number of nitrogens with zero attached hydrogens (tertiary/aromatic N) is 1. The Morgan fingerprint density at radius 3 is 1.13 bits per heavy atom. The minimum absolute atomic E-state index is 0.0142. The number of nitrogens with one attached hydrogen (secondary N) is 1. The van der Waals surface area contributed by atoms with Crippen LogP contribution in [0.5, 0.6) is 0 Å². The zero-order chi connectivity index (χ0) is 50.6. The summed E-state index contributed by atoms with van der Waals surface area (Å²) < 4.78 is 23.5. The highest BCUT2D eigenvalue weighted by molar-refractivity contribution is 7.45. The molecule has 0 spiro atoms. The number of carbonyl (C=O) groups is 1. The van der Waals surface area contributed by atoms with Gasteiger partial charge in [-0.3, -0.25) is 9.36 Å². The number of amides is 1. The number of aliphatic hydroxyl groups excluding tert-OH is 1. The van der Waals surface area contributed by atoms with Crippen LogP contribution in [0.15, 0.2) is 12.2 Å². The predicted molar refractivity (Wildman–Crippen MR) is 298 cm³/mol. The van der Waals surface area contributed by atoms with Gasteiger partial charge in [-0.2, -0.15) is 0 Å². The second-order valence-corrected chi connectivity index (χ2v) is 23.8. The van der Waals surface area contributed by atoms with E-state index in [1.54, 1.807) is 0 Å². The summed E-state index contributed by atoms with van der Waals surface area (Å²) in [6, 6.07) is -0.800. The van der Waals surface area contributed by atoms with Crippen molar-refractivity contribution in [3.8, 4) is 0 Å². The summed E-state index contributed by atoms with van der Waals surface area (Å²) >= 11 is 0. The average Bonchev–Trinajstić information content (AvgIpc) is 3.31. The molecule has 0 aromatic rings. The molecule has 0 aliphatic carbocycles. The first-order valence-electron chi connectivity index (χ1n) is 30.5. The van der Waals surface area contributed by atoms with E-state index in [1.807, 2.05) is 21.1 Å². The quantitative estimate of drug-likeness (QED) is 0.0272. The number of hydrogen-bond donors (Lipinski definition) is 2. The number of quaternary nitrogens is 1. The highest BCUT2D eigenvalue weighted by Crippen LogP contribution is 2.38. The average molecular weight is 998 g/mol. The van der Waals surface area contributed by atoms with Crippen LogP contribution in [-0.2, 0) is 18.4 Å². The van der Waals surface area contributed by atoms with E-state index in [0.717, 1.165) is 38.5 Å². The largest absolute Gasteiger partial charge is 0.756 e. The van der Waals surface area contributed by atoms with E-state index < -0.39 is 20.0 Å². The van der Waals surface area contributed by atoms with Gasteiger partial charge in [0.15, 0.2) is 0 Å². The van der Waals surface area contributed by atoms with Crippen molar-refractivity contribution in [3.05, 3.63) is 12.2 Å². The van der Waals surface area contributed by atoms with Crippen molar-refractivity contribution in [1.82, 2.24) is 5.32 Å². The number of unbranched alkanes of at least 4 members (excludes halogenated alkanes) is 42. The Hall–Kier alpha value is -0.760. The Morgan fingerprint density at radius 2 is 0.797 bits per heavy atom. The number of carbonyl (C=O) groups excluding carboxylic acids is 1. The Balaban J connectivity index is 4.12. The van der Waals surface area contributed by atoms with Gasteiger partial charge < -0.3 is 28.8 Å². The van der Waals surface area contributed by atoms with Crippen molar-refractivity contribution in [2.75, 3.05) is 40.9 Å². The number of allylic oxidation sites excluding steroid dienone is 2. The monoisotopic (exact) mass is 997 g/mol. The van der Waals surface area contributed by atoms with E-state index >= 15 is 0 Å². The van der Waals surface area contributed by atoms with Gasteiger partial charge in [0.1, 0.15) is 13.2 Å². The Bertz CT molecular complexity index is 1130. The predicted octanol–water partition coefficient (Wildman–Crippen LogP) is 18.0. The first-order chi connectivity index (χ1) is 33.5. The van der Waals surface area contributed by atoms with Crippen LogP contribution in [0.1, 0.15) is 316 Å². The molecule has 2 N–H and O–H groups in total. The van der Waals surface area contributed by atoms with Gasteiger partial charge in [0.2, 0.25) is 5.91 Å². The molecule has 0 aliphatic rings. The zero-order valence-electron chi connectivity index (χ0n) is 47.0. The molecule has 412 valence electrons. The normalized spacial score (nSPS) is 13.9. The van der Waals surface area contributed by atoms with Crippen LogP contribution in [0.25, 0.3) is 0 Å². The third-order valence-corrected chi connectivity index (χ3v) is 15.2. The van der Waals surface area contributed by atoms with Crippen LogP contribution in [0.4, 0.5) is 0 Å². The second-order valence-electron chi connectivity index (χ2n) is 22.4. The summed E-state index contributed by atoms with van der Waals surface area (Å²) in [7, 11) is 1.32. The molecular formula is C60H121N2O6P. The number of likely N-dealkylation sites (N-methyl/N-ethyl adjacent to an activating group) is 1. The van der Waals surface area contributed by atoms with Crippen molar-refractivity contribution in [2.24, 2.45) is 0 Å². The van der Waals surface area contributed by atoms with Crippen molar-refractivity contribution < 1.29 is 32.9 Å². The maximum atomic E-state index is 13.0. The minimum Gasteiger partial charge on any atom is -0.756 e. The lowest BCUT2D eigenvalue weighted by Crippen LogP contribution is -2.46. The van der Waals surface area contributed by atoms with E-state index in [2.05, 4.69) is 31.3 Å². The van der Waals surface area contributed by atoms with Crippen LogP contribution < -0.4 is 10.2 Å². The standard InChI is InChI=1S/C60H121N2O6P/c1-6-8-10-12-14-16-18-20-22-24-26-28-30-32-34-36-38-40-42-44-46-48-50-52-54-60(64)61-58(57-68-69(65,66)67-56-55-62(3,4)5)59(63)53-51-49-47-45-43-41-39-37-35-33-31-29-27-25-23-21-19-17-15-13-11-9-7-2/h32,34,58-59,63H,6-31,33,35-57H2,1-5H3,(H-,61,64,65,66)/b34-32-. The molecule has 9 heteroatoms. The van der Waals surface area contributed by atoms with E-state index in [-0.39, 0.29) is 19.1 Å². The third-order valence-electron chi connectivity index (χ3n) is 14.3. The topological polar surface area (TPSA) is 108 Å². The molecule has 0 aromatic carbocycles. The summed E-state index contributed by atoms with van der Waals surface area (Å²) in [5, 5.41) is 14.1. The summed E-state index contributed by atoms with van der Waals surface area (Å²) in [6.07, 6.45) is 63.9. The second kappa shape index (κ2) is 52.1. The fourth-order valence-electron chi connectivity index (χ4n) is 9.45. The van der Waals surface area contributed by atoms with Crippen molar-refractivity contribution in [1.29, 1.82) is 0 Å². The fourth-order valence-corrected chi connectivity index (χ4v) is 10.2. The molecular weight excluding hydrogens is 876 g/mol. The summed E-state index contributed by atoms with van der Waals surface area (Å²) in [5.74, 6) is -0.162. The highest BCUT2D eigenvalue weighted by atomic mass is 31.2. The van der Waals surface area contributed by atoms with Crippen LogP contribution in [0, 0.1) is 0 Å². The molecule has 3 unspecified atom stereocenters. The van der Waals surface area contributed by atoms with Gasteiger partial charge in [0.25, 0.3) is 7.82 Å². The first kappa shape index (κ1) is 68.2. The van der Waals surface area contributed by atoms with Crippen LogP contribution in [-0.4, -0.2) is 68.5 Å². The van der Waals surface area contributed by atoms with Crippen molar-refractivity contribution in [2.45, 2.75) is 328 Å². The molecule has 1 amide bonds. The summed E-state index contributed by atoms with van der Waals surface area (Å²) in [4.78, 5) is 25.6. The zero-order valence-corrected chi connectivity index (χ0v) is 47.9. The lowest BCUT2D eigenvalue weighted by molar-refractivity contribution is -0.870. The van der Waals surface area contributed by atoms with Gasteiger partial charge in [-0.15, -0.1) is 0 Å². The molecule has 0 heterocycles. The van der Waals surface area contributed by atoms with E-state index in [4.69, 9.17) is 9.05 Å². The molecule has 0 fully saturated rings. The smallest absolute Gasteiger partial charge is 0.268 e. The third kappa shape index (κ3) is 54.8. The molecule has 0 aromatic heterocycles. The molecule has 0 aliphatic heterocycles. The van der Waals surface area contributed by atoms with Crippen molar-refractivity contribution >= 4 is 13.7 Å². The molecule has 0 rings (SSSR count).